The monoisotopic (exact) mass is 334 g/mol. The van der Waals surface area contributed by atoms with Crippen LogP contribution in [0.25, 0.3) is 0 Å². The maximum atomic E-state index is 12.3. The van der Waals surface area contributed by atoms with Crippen LogP contribution in [0.2, 0.25) is 0 Å². The Hall–Kier alpha value is -0.410. The molecule has 0 radical (unpaired) electrons. The molecule has 3 nitrogen and oxygen atoms in total. The van der Waals surface area contributed by atoms with Crippen LogP contribution in [0.15, 0.2) is 0 Å². The van der Waals surface area contributed by atoms with Crippen molar-refractivity contribution in [2.24, 2.45) is 40.4 Å². The molecule has 0 bridgehead atoms. The second kappa shape index (κ2) is 5.81. The predicted molar refractivity (Wildman–Crippen MR) is 93.3 cm³/mol. The van der Waals surface area contributed by atoms with E-state index in [-0.39, 0.29) is 29.8 Å². The summed E-state index contributed by atoms with van der Waals surface area (Å²) in [5.41, 5.74) is 0.208. The summed E-state index contributed by atoms with van der Waals surface area (Å²) >= 11 is 0. The Bertz CT molecular complexity index is 517. The Morgan fingerprint density at radius 3 is 2.58 bits per heavy atom. The molecule has 0 saturated heterocycles. The molecule has 0 aromatic heterocycles. The molecular formula is C21H34O3. The number of Topliss-reactive ketones (excluding diaryl/α,β-unsaturated/α-hetero) is 1. The summed E-state index contributed by atoms with van der Waals surface area (Å²) in [5.74, 6) is 2.32. The van der Waals surface area contributed by atoms with E-state index in [4.69, 9.17) is 0 Å². The van der Waals surface area contributed by atoms with Crippen molar-refractivity contribution in [3.05, 3.63) is 0 Å². The lowest BCUT2D eigenvalue weighted by Crippen LogP contribution is -2.58. The molecule has 4 aliphatic rings. The molecule has 0 aromatic carbocycles. The van der Waals surface area contributed by atoms with E-state index in [1.807, 2.05) is 0 Å². The van der Waals surface area contributed by atoms with E-state index in [1.54, 1.807) is 0 Å². The van der Waals surface area contributed by atoms with E-state index >= 15 is 0 Å². The Balaban J connectivity index is 1.67. The topological polar surface area (TPSA) is 57.5 Å². The lowest BCUT2D eigenvalue weighted by atomic mass is 9.44. The maximum Gasteiger partial charge on any atom is 0.161 e. The van der Waals surface area contributed by atoms with Crippen LogP contribution in [0.1, 0.15) is 71.6 Å². The van der Waals surface area contributed by atoms with Crippen molar-refractivity contribution in [2.45, 2.75) is 77.7 Å². The summed E-state index contributed by atoms with van der Waals surface area (Å²) in [6, 6.07) is 0. The summed E-state index contributed by atoms with van der Waals surface area (Å²) < 4.78 is 0. The Morgan fingerprint density at radius 1 is 1.04 bits per heavy atom. The van der Waals surface area contributed by atoms with Crippen molar-refractivity contribution in [1.82, 2.24) is 0 Å². The van der Waals surface area contributed by atoms with Gasteiger partial charge >= 0.3 is 0 Å². The van der Waals surface area contributed by atoms with Gasteiger partial charge in [-0.05, 0) is 79.4 Å². The zero-order valence-corrected chi connectivity index (χ0v) is 15.3. The number of hydrogen-bond acceptors (Lipinski definition) is 3. The van der Waals surface area contributed by atoms with Gasteiger partial charge in [0.25, 0.3) is 0 Å². The van der Waals surface area contributed by atoms with E-state index in [2.05, 4.69) is 13.8 Å². The molecule has 0 aromatic rings. The van der Waals surface area contributed by atoms with Crippen LogP contribution in [0.3, 0.4) is 0 Å². The molecule has 4 aliphatic carbocycles. The number of aliphatic hydroxyl groups excluding tert-OH is 2. The van der Waals surface area contributed by atoms with Crippen molar-refractivity contribution >= 4 is 5.78 Å². The van der Waals surface area contributed by atoms with Gasteiger partial charge in [0.2, 0.25) is 0 Å². The summed E-state index contributed by atoms with van der Waals surface area (Å²) in [5, 5.41) is 20.6. The van der Waals surface area contributed by atoms with E-state index in [0.717, 1.165) is 25.2 Å². The maximum absolute atomic E-state index is 12.3. The first-order valence-corrected chi connectivity index (χ1v) is 10.2. The van der Waals surface area contributed by atoms with Gasteiger partial charge in [-0.15, -0.1) is 0 Å². The largest absolute Gasteiger partial charge is 0.393 e. The first-order valence-electron chi connectivity index (χ1n) is 10.2. The SMILES string of the molecule is CC12CC(O)C3C(CCC4CCCCC43C)C1CCC2C(=O)CO. The van der Waals surface area contributed by atoms with Gasteiger partial charge in [-0.1, -0.05) is 26.7 Å². The van der Waals surface area contributed by atoms with Gasteiger partial charge < -0.3 is 10.2 Å². The van der Waals surface area contributed by atoms with Gasteiger partial charge in [-0.25, -0.2) is 0 Å². The van der Waals surface area contributed by atoms with Gasteiger partial charge in [0.15, 0.2) is 5.78 Å². The third-order valence-corrected chi connectivity index (χ3v) is 9.06. The molecule has 4 saturated carbocycles. The third-order valence-electron chi connectivity index (χ3n) is 9.06. The van der Waals surface area contributed by atoms with Crippen molar-refractivity contribution in [3.63, 3.8) is 0 Å². The van der Waals surface area contributed by atoms with Gasteiger partial charge in [0, 0.05) is 5.92 Å². The molecule has 0 aliphatic heterocycles. The molecule has 2 N–H and O–H groups in total. The zero-order chi connectivity index (χ0) is 17.1. The Kier molecular flexibility index (Phi) is 4.12. The summed E-state index contributed by atoms with van der Waals surface area (Å²) in [7, 11) is 0. The van der Waals surface area contributed by atoms with Crippen molar-refractivity contribution in [2.75, 3.05) is 6.61 Å². The Morgan fingerprint density at radius 2 is 1.83 bits per heavy atom. The first-order chi connectivity index (χ1) is 11.4. The summed E-state index contributed by atoms with van der Waals surface area (Å²) in [6.07, 6.45) is 10.4. The van der Waals surface area contributed by atoms with Crippen molar-refractivity contribution in [1.29, 1.82) is 0 Å². The van der Waals surface area contributed by atoms with Crippen LogP contribution < -0.4 is 0 Å². The van der Waals surface area contributed by atoms with Crippen LogP contribution in [-0.2, 0) is 4.79 Å². The standard InChI is InChI=1S/C21H34O3/c1-20-10-4-3-5-13(20)6-7-14-15-8-9-16(18(24)12-22)21(15,2)11-17(23)19(14)20/h13-17,19,22-23H,3-12H2,1-2H3. The van der Waals surface area contributed by atoms with Crippen LogP contribution >= 0.6 is 0 Å². The highest BCUT2D eigenvalue weighted by atomic mass is 16.3. The highest BCUT2D eigenvalue weighted by molar-refractivity contribution is 5.83. The normalized spacial score (nSPS) is 53.8. The lowest BCUT2D eigenvalue weighted by Gasteiger charge is -2.62. The molecule has 24 heavy (non-hydrogen) atoms. The number of rotatable bonds is 2. The van der Waals surface area contributed by atoms with Crippen LogP contribution in [0.5, 0.6) is 0 Å². The Labute approximate surface area is 146 Å². The van der Waals surface area contributed by atoms with E-state index in [9.17, 15) is 15.0 Å². The molecule has 0 heterocycles. The second-order valence-corrected chi connectivity index (χ2v) is 9.85. The first kappa shape index (κ1) is 17.0. The minimum atomic E-state index is -0.336. The molecule has 136 valence electrons. The molecule has 8 unspecified atom stereocenters. The number of ketones is 1. The number of hydrogen-bond donors (Lipinski definition) is 2. The van der Waals surface area contributed by atoms with E-state index in [0.29, 0.717) is 23.2 Å². The molecule has 3 heteroatoms. The fraction of sp³-hybridized carbons (Fsp3) is 0.952. The predicted octanol–water partition coefficient (Wildman–Crippen LogP) is 3.57. The third kappa shape index (κ3) is 2.19. The highest BCUT2D eigenvalue weighted by Gasteiger charge is 2.63. The minimum absolute atomic E-state index is 0.00298. The fourth-order valence-electron chi connectivity index (χ4n) is 8.06. The highest BCUT2D eigenvalue weighted by Crippen LogP contribution is 2.67. The summed E-state index contributed by atoms with van der Waals surface area (Å²) in [6.45, 7) is 4.36. The van der Waals surface area contributed by atoms with Gasteiger partial charge in [-0.3, -0.25) is 4.79 Å². The van der Waals surface area contributed by atoms with E-state index < -0.39 is 0 Å². The minimum Gasteiger partial charge on any atom is -0.393 e. The molecule has 0 spiro atoms. The van der Waals surface area contributed by atoms with Gasteiger partial charge in [0.1, 0.15) is 6.61 Å². The molecule has 4 fully saturated rings. The molecule has 4 rings (SSSR count). The lowest BCUT2D eigenvalue weighted by molar-refractivity contribution is -0.171. The van der Waals surface area contributed by atoms with Crippen LogP contribution in [-0.4, -0.2) is 28.7 Å². The van der Waals surface area contributed by atoms with Crippen LogP contribution in [0, 0.1) is 40.4 Å². The average Bonchev–Trinajstić information content (AvgIpc) is 2.89. The van der Waals surface area contributed by atoms with Gasteiger partial charge in [0.05, 0.1) is 6.10 Å². The molecule has 8 atom stereocenters. The zero-order valence-electron chi connectivity index (χ0n) is 15.3. The number of aliphatic hydroxyl groups is 2. The number of fused-ring (bicyclic) bond motifs is 5. The van der Waals surface area contributed by atoms with Gasteiger partial charge in [-0.2, -0.15) is 0 Å². The smallest absolute Gasteiger partial charge is 0.161 e. The average molecular weight is 335 g/mol. The molecule has 0 amide bonds. The molecular weight excluding hydrogens is 300 g/mol. The second-order valence-electron chi connectivity index (χ2n) is 9.85. The van der Waals surface area contributed by atoms with Crippen LogP contribution in [0.4, 0.5) is 0 Å². The number of carbonyl (C=O) groups excluding carboxylic acids is 1. The number of carbonyl (C=O) groups is 1. The van der Waals surface area contributed by atoms with Crippen molar-refractivity contribution < 1.29 is 15.0 Å². The van der Waals surface area contributed by atoms with E-state index in [1.165, 1.54) is 38.5 Å². The fourth-order valence-corrected chi connectivity index (χ4v) is 8.06. The summed E-state index contributed by atoms with van der Waals surface area (Å²) in [4.78, 5) is 12.3. The quantitative estimate of drug-likeness (QED) is 0.812. The van der Waals surface area contributed by atoms with Crippen molar-refractivity contribution in [3.8, 4) is 0 Å².